The molecule has 2 aliphatic heterocycles. The van der Waals surface area contributed by atoms with Gasteiger partial charge in [-0.2, -0.15) is 0 Å². The van der Waals surface area contributed by atoms with E-state index in [0.29, 0.717) is 0 Å². The molecule has 3 nitrogen and oxygen atoms in total. The van der Waals surface area contributed by atoms with Crippen LogP contribution in [0.1, 0.15) is 49.9 Å². The molecule has 1 saturated heterocycles. The van der Waals surface area contributed by atoms with Crippen LogP contribution in [0.25, 0.3) is 11.1 Å². The molecule has 0 radical (unpaired) electrons. The first kappa shape index (κ1) is 24.7. The lowest BCUT2D eigenvalue weighted by Crippen LogP contribution is -2.41. The lowest BCUT2D eigenvalue weighted by Gasteiger charge is -2.45. The molecule has 0 saturated carbocycles. The Hall–Kier alpha value is -4.12. The summed E-state index contributed by atoms with van der Waals surface area (Å²) < 4.78 is 13.1. The summed E-state index contributed by atoms with van der Waals surface area (Å²) in [5.74, 6) is 0. The van der Waals surface area contributed by atoms with Crippen LogP contribution < -0.4 is 10.4 Å². The lowest BCUT2D eigenvalue weighted by atomic mass is 9.63. The molecular weight excluding hydrogens is 501 g/mol. The zero-order chi connectivity index (χ0) is 28.0. The molecule has 0 bridgehead atoms. The van der Waals surface area contributed by atoms with E-state index in [9.17, 15) is 0 Å². The number of hydrogen-bond acceptors (Lipinski definition) is 3. The number of hydrogen-bond donors (Lipinski definition) is 0. The van der Waals surface area contributed by atoms with Gasteiger partial charge in [-0.1, -0.05) is 97.1 Å². The predicted octanol–water partition coefficient (Wildman–Crippen LogP) is 8.13. The Labute approximate surface area is 242 Å². The third-order valence-electron chi connectivity index (χ3n) is 9.71. The Morgan fingerprint density at radius 3 is 1.66 bits per heavy atom. The van der Waals surface area contributed by atoms with E-state index >= 15 is 0 Å². The summed E-state index contributed by atoms with van der Waals surface area (Å²) in [6, 6.07) is 44.3. The molecule has 8 rings (SSSR count). The van der Waals surface area contributed by atoms with Gasteiger partial charge < -0.3 is 14.2 Å². The largest absolute Gasteiger partial charge is 0.494 e. The Morgan fingerprint density at radius 2 is 1.02 bits per heavy atom. The summed E-state index contributed by atoms with van der Waals surface area (Å²) in [6.45, 7) is 8.44. The van der Waals surface area contributed by atoms with E-state index in [1.54, 1.807) is 0 Å². The molecule has 2 heterocycles. The summed E-state index contributed by atoms with van der Waals surface area (Å²) in [5, 5.41) is 0. The smallest absolute Gasteiger partial charge is 0.399 e. The van der Waals surface area contributed by atoms with Crippen LogP contribution in [0.15, 0.2) is 121 Å². The van der Waals surface area contributed by atoms with Crippen LogP contribution in [0.5, 0.6) is 0 Å². The van der Waals surface area contributed by atoms with Gasteiger partial charge in [0.15, 0.2) is 0 Å². The van der Waals surface area contributed by atoms with Gasteiger partial charge in [0.1, 0.15) is 0 Å². The monoisotopic (exact) mass is 533 g/mol. The second-order valence-corrected chi connectivity index (χ2v) is 12.4. The van der Waals surface area contributed by atoms with Crippen molar-refractivity contribution in [1.29, 1.82) is 0 Å². The topological polar surface area (TPSA) is 21.7 Å². The number of nitrogens with zero attached hydrogens (tertiary/aromatic N) is 1. The van der Waals surface area contributed by atoms with Crippen molar-refractivity contribution in [3.05, 3.63) is 144 Å². The number of fused-ring (bicyclic) bond motifs is 9. The molecule has 200 valence electrons. The average molecular weight is 533 g/mol. The maximum absolute atomic E-state index is 6.54. The number of anilines is 3. The van der Waals surface area contributed by atoms with E-state index < -0.39 is 23.7 Å². The molecule has 0 unspecified atom stereocenters. The van der Waals surface area contributed by atoms with Crippen molar-refractivity contribution in [2.75, 3.05) is 4.90 Å². The van der Waals surface area contributed by atoms with Crippen LogP contribution in [-0.4, -0.2) is 18.3 Å². The maximum atomic E-state index is 6.54. The third kappa shape index (κ3) is 3.23. The fourth-order valence-electron chi connectivity index (χ4n) is 7.11. The minimum Gasteiger partial charge on any atom is -0.399 e. The first-order chi connectivity index (χ1) is 19.8. The first-order valence-corrected chi connectivity index (χ1v) is 14.5. The minimum absolute atomic E-state index is 0.413. The molecule has 1 fully saturated rings. The third-order valence-corrected chi connectivity index (χ3v) is 9.71. The van der Waals surface area contributed by atoms with E-state index in [4.69, 9.17) is 9.31 Å². The highest BCUT2D eigenvalue weighted by Crippen LogP contribution is 2.63. The van der Waals surface area contributed by atoms with Crippen molar-refractivity contribution >= 4 is 29.6 Å². The second kappa shape index (κ2) is 8.45. The lowest BCUT2D eigenvalue weighted by molar-refractivity contribution is 0.00578. The molecule has 3 aliphatic rings. The van der Waals surface area contributed by atoms with Crippen LogP contribution in [0.4, 0.5) is 17.1 Å². The van der Waals surface area contributed by atoms with Crippen molar-refractivity contribution < 1.29 is 9.31 Å². The van der Waals surface area contributed by atoms with E-state index in [0.717, 1.165) is 16.8 Å². The summed E-state index contributed by atoms with van der Waals surface area (Å²) in [4.78, 5) is 2.41. The molecule has 1 aliphatic carbocycles. The van der Waals surface area contributed by atoms with Gasteiger partial charge in [-0.3, -0.25) is 0 Å². The van der Waals surface area contributed by atoms with Gasteiger partial charge in [0.25, 0.3) is 0 Å². The van der Waals surface area contributed by atoms with Crippen molar-refractivity contribution in [2.24, 2.45) is 0 Å². The van der Waals surface area contributed by atoms with Crippen LogP contribution in [0.3, 0.4) is 0 Å². The van der Waals surface area contributed by atoms with E-state index in [2.05, 4.69) is 154 Å². The van der Waals surface area contributed by atoms with Crippen molar-refractivity contribution in [3.8, 4) is 11.1 Å². The fraction of sp³-hybridized carbons (Fsp3) is 0.189. The van der Waals surface area contributed by atoms with E-state index in [-0.39, 0.29) is 0 Å². The number of benzene rings is 5. The zero-order valence-corrected chi connectivity index (χ0v) is 23.9. The molecule has 5 aromatic carbocycles. The minimum atomic E-state index is -0.446. The van der Waals surface area contributed by atoms with Gasteiger partial charge in [-0.25, -0.2) is 0 Å². The molecule has 4 heteroatoms. The predicted molar refractivity (Wildman–Crippen MR) is 168 cm³/mol. The molecular formula is C37H32BNO2. The van der Waals surface area contributed by atoms with E-state index in [1.165, 1.54) is 39.1 Å². The van der Waals surface area contributed by atoms with Crippen LogP contribution >= 0.6 is 0 Å². The van der Waals surface area contributed by atoms with Crippen molar-refractivity contribution in [1.82, 2.24) is 0 Å². The molecule has 0 N–H and O–H groups in total. The van der Waals surface area contributed by atoms with Gasteiger partial charge in [0.05, 0.1) is 28.0 Å². The highest BCUT2D eigenvalue weighted by Gasteiger charge is 2.54. The summed E-state index contributed by atoms with van der Waals surface area (Å²) in [5.41, 5.74) is 11.0. The van der Waals surface area contributed by atoms with Gasteiger partial charge in [-0.05, 0) is 90.8 Å². The Bertz CT molecular complexity index is 1770. The molecule has 0 atom stereocenters. The fourth-order valence-corrected chi connectivity index (χ4v) is 7.11. The van der Waals surface area contributed by atoms with Crippen molar-refractivity contribution in [2.45, 2.75) is 44.3 Å². The zero-order valence-electron chi connectivity index (χ0n) is 23.9. The van der Waals surface area contributed by atoms with Gasteiger partial charge in [0, 0.05) is 5.69 Å². The molecule has 41 heavy (non-hydrogen) atoms. The summed E-state index contributed by atoms with van der Waals surface area (Å²) in [7, 11) is -0.445. The van der Waals surface area contributed by atoms with E-state index in [1.807, 2.05) is 0 Å². The average Bonchev–Trinajstić information content (AvgIpc) is 3.40. The quantitative estimate of drug-likeness (QED) is 0.210. The van der Waals surface area contributed by atoms with Crippen LogP contribution in [-0.2, 0) is 14.7 Å². The van der Waals surface area contributed by atoms with Gasteiger partial charge >= 0.3 is 7.12 Å². The van der Waals surface area contributed by atoms with Crippen LogP contribution in [0.2, 0.25) is 0 Å². The Balaban J connectivity index is 1.46. The standard InChI is InChI=1S/C37H32BNO2/c1-35(2)36(3,4)41-38(40-35)25-22-23-32-34(24-25)39(26-14-6-5-7-15-26)33-21-13-12-20-31(33)37(32)29-18-10-8-16-27(29)28-17-9-11-19-30(28)37/h5-24H,1-4H3. The summed E-state index contributed by atoms with van der Waals surface area (Å²) in [6.07, 6.45) is 0. The van der Waals surface area contributed by atoms with Crippen LogP contribution in [0, 0.1) is 0 Å². The normalized spacial score (nSPS) is 18.5. The second-order valence-electron chi connectivity index (χ2n) is 12.4. The Kier molecular flexibility index (Phi) is 5.08. The molecule has 0 amide bonds. The highest BCUT2D eigenvalue weighted by molar-refractivity contribution is 6.62. The molecule has 0 aromatic heterocycles. The van der Waals surface area contributed by atoms with Gasteiger partial charge in [0.2, 0.25) is 0 Å². The number of rotatable bonds is 2. The summed E-state index contributed by atoms with van der Waals surface area (Å²) >= 11 is 0. The first-order valence-electron chi connectivity index (χ1n) is 14.5. The SMILES string of the molecule is CC1(C)OB(c2ccc3c(c2)N(c2ccccc2)c2ccccc2C32c3ccccc3-c3ccccc32)OC1(C)C. The van der Waals surface area contributed by atoms with Crippen molar-refractivity contribution in [3.63, 3.8) is 0 Å². The number of para-hydroxylation sites is 2. The Morgan fingerprint density at radius 1 is 0.512 bits per heavy atom. The molecule has 5 aromatic rings. The highest BCUT2D eigenvalue weighted by atomic mass is 16.7. The van der Waals surface area contributed by atoms with Gasteiger partial charge in [-0.15, -0.1) is 0 Å². The molecule has 1 spiro atoms. The maximum Gasteiger partial charge on any atom is 0.494 e.